The van der Waals surface area contributed by atoms with Crippen LogP contribution in [-0.2, 0) is 26.0 Å². The molecular weight excluding hydrogens is 470 g/mol. The second-order valence-electron chi connectivity index (χ2n) is 10.1. The maximum absolute atomic E-state index is 13.3. The van der Waals surface area contributed by atoms with E-state index in [2.05, 4.69) is 5.32 Å². The third-order valence-electron chi connectivity index (χ3n) is 7.16. The highest BCUT2D eigenvalue weighted by Crippen LogP contribution is 2.30. The van der Waals surface area contributed by atoms with Crippen LogP contribution in [0.4, 0.5) is 5.69 Å². The van der Waals surface area contributed by atoms with Gasteiger partial charge < -0.3 is 20.1 Å². The Kier molecular flexibility index (Phi) is 9.17. The minimum absolute atomic E-state index is 0.00299. The van der Waals surface area contributed by atoms with E-state index in [0.717, 1.165) is 31.9 Å². The van der Waals surface area contributed by atoms with Crippen molar-refractivity contribution in [1.82, 2.24) is 9.21 Å². The van der Waals surface area contributed by atoms with E-state index >= 15 is 0 Å². The van der Waals surface area contributed by atoms with Crippen LogP contribution >= 0.6 is 0 Å². The standard InChI is InChI=1S/C25H39N3O6S/c1-17-14-28(18(2)16-29)24(30)13-20-12-21(26-25(31)19-8-6-5-7-9-19)10-11-22(20)34-23(17)15-27(3)35(4,32)33/h10-12,17-19,23,29H,5-9,13-16H2,1-4H3,(H,26,31)/t17-,18+,23+/m1/s1. The zero-order chi connectivity index (χ0) is 25.8. The summed E-state index contributed by atoms with van der Waals surface area (Å²) in [5.41, 5.74) is 1.22. The van der Waals surface area contributed by atoms with Gasteiger partial charge in [-0.3, -0.25) is 9.59 Å². The lowest BCUT2D eigenvalue weighted by atomic mass is 9.88. The van der Waals surface area contributed by atoms with Gasteiger partial charge in [0, 0.05) is 36.7 Å². The van der Waals surface area contributed by atoms with Crippen LogP contribution in [0.3, 0.4) is 0 Å². The van der Waals surface area contributed by atoms with Crippen molar-refractivity contribution in [2.45, 2.75) is 64.5 Å². The predicted molar refractivity (Wildman–Crippen MR) is 135 cm³/mol. The van der Waals surface area contributed by atoms with Gasteiger partial charge >= 0.3 is 0 Å². The first kappa shape index (κ1) is 27.4. The largest absolute Gasteiger partial charge is 0.488 e. The molecule has 1 aromatic rings. The van der Waals surface area contributed by atoms with Crippen LogP contribution in [0.25, 0.3) is 0 Å². The van der Waals surface area contributed by atoms with Crippen molar-refractivity contribution in [3.63, 3.8) is 0 Å². The predicted octanol–water partition coefficient (Wildman–Crippen LogP) is 2.25. The van der Waals surface area contributed by atoms with E-state index in [1.807, 2.05) is 6.92 Å². The summed E-state index contributed by atoms with van der Waals surface area (Å²) in [6.07, 6.45) is 5.74. The number of carbonyl (C=O) groups is 2. The molecule has 1 heterocycles. The molecule has 10 heteroatoms. The van der Waals surface area contributed by atoms with Gasteiger partial charge in [0.2, 0.25) is 21.8 Å². The Bertz CT molecular complexity index is 1010. The van der Waals surface area contributed by atoms with Crippen molar-refractivity contribution in [1.29, 1.82) is 0 Å². The van der Waals surface area contributed by atoms with Crippen LogP contribution in [0.2, 0.25) is 0 Å². The summed E-state index contributed by atoms with van der Waals surface area (Å²) in [5.74, 6) is 0.137. The van der Waals surface area contributed by atoms with Gasteiger partial charge in [0.25, 0.3) is 0 Å². The van der Waals surface area contributed by atoms with Gasteiger partial charge in [0.05, 0.1) is 31.9 Å². The molecule has 1 fully saturated rings. The Balaban J connectivity index is 1.91. The molecule has 1 aromatic carbocycles. The molecule has 0 bridgehead atoms. The number of nitrogens with one attached hydrogen (secondary N) is 1. The fourth-order valence-corrected chi connectivity index (χ4v) is 5.14. The van der Waals surface area contributed by atoms with E-state index in [1.54, 1.807) is 30.0 Å². The minimum atomic E-state index is -3.42. The Morgan fingerprint density at radius 2 is 1.97 bits per heavy atom. The number of rotatable bonds is 7. The van der Waals surface area contributed by atoms with Crippen molar-refractivity contribution < 1.29 is 27.9 Å². The number of sulfonamides is 1. The first-order valence-corrected chi connectivity index (χ1v) is 14.3. The summed E-state index contributed by atoms with van der Waals surface area (Å²) in [6.45, 7) is 3.95. The van der Waals surface area contributed by atoms with E-state index in [4.69, 9.17) is 4.74 Å². The van der Waals surface area contributed by atoms with Gasteiger partial charge in [-0.2, -0.15) is 0 Å². The van der Waals surface area contributed by atoms with Gasteiger partial charge in [-0.25, -0.2) is 12.7 Å². The van der Waals surface area contributed by atoms with Crippen molar-refractivity contribution in [3.8, 4) is 5.75 Å². The van der Waals surface area contributed by atoms with Crippen molar-refractivity contribution in [2.75, 3.05) is 38.3 Å². The van der Waals surface area contributed by atoms with Crippen molar-refractivity contribution >= 4 is 27.5 Å². The van der Waals surface area contributed by atoms with Crippen molar-refractivity contribution in [3.05, 3.63) is 23.8 Å². The second kappa shape index (κ2) is 11.7. The monoisotopic (exact) mass is 509 g/mol. The number of nitrogens with zero attached hydrogens (tertiary/aromatic N) is 2. The average molecular weight is 510 g/mol. The molecule has 0 radical (unpaired) electrons. The Labute approximate surface area is 208 Å². The summed E-state index contributed by atoms with van der Waals surface area (Å²) in [6, 6.07) is 4.87. The number of ether oxygens (including phenoxy) is 1. The first-order chi connectivity index (χ1) is 16.5. The lowest BCUT2D eigenvalue weighted by Gasteiger charge is -2.33. The lowest BCUT2D eigenvalue weighted by Crippen LogP contribution is -2.48. The maximum atomic E-state index is 13.3. The number of likely N-dealkylation sites (N-methyl/N-ethyl adjacent to an activating group) is 1. The topological polar surface area (TPSA) is 116 Å². The quantitative estimate of drug-likeness (QED) is 0.582. The number of fused-ring (bicyclic) bond motifs is 1. The van der Waals surface area contributed by atoms with Crippen LogP contribution in [0.1, 0.15) is 51.5 Å². The van der Waals surface area contributed by atoms with Crippen LogP contribution in [-0.4, -0.2) is 79.7 Å². The molecule has 0 saturated heterocycles. The third-order valence-corrected chi connectivity index (χ3v) is 8.44. The van der Waals surface area contributed by atoms with Gasteiger partial charge in [0.1, 0.15) is 11.9 Å². The average Bonchev–Trinajstić information content (AvgIpc) is 2.86. The summed E-state index contributed by atoms with van der Waals surface area (Å²) in [7, 11) is -1.92. The van der Waals surface area contributed by atoms with E-state index < -0.39 is 22.2 Å². The Hall–Kier alpha value is -2.17. The fourth-order valence-electron chi connectivity index (χ4n) is 4.72. The lowest BCUT2D eigenvalue weighted by molar-refractivity contribution is -0.134. The number of benzene rings is 1. The molecule has 2 aliphatic rings. The minimum Gasteiger partial charge on any atom is -0.488 e. The number of carbonyl (C=O) groups excluding carboxylic acids is 2. The molecule has 2 N–H and O–H groups in total. The SMILES string of the molecule is C[C@@H]1CN([C@@H](C)CO)C(=O)Cc2cc(NC(=O)C3CCCCC3)ccc2O[C@H]1CN(C)S(C)(=O)=O. The second-order valence-corrected chi connectivity index (χ2v) is 12.2. The van der Waals surface area contributed by atoms with Crippen LogP contribution in [0.5, 0.6) is 5.75 Å². The molecule has 1 saturated carbocycles. The molecule has 3 atom stereocenters. The van der Waals surface area contributed by atoms with Crippen LogP contribution < -0.4 is 10.1 Å². The number of anilines is 1. The molecule has 3 rings (SSSR count). The third kappa shape index (κ3) is 7.17. The molecule has 0 spiro atoms. The van der Waals surface area contributed by atoms with Crippen LogP contribution in [0.15, 0.2) is 18.2 Å². The normalized spacial score (nSPS) is 23.0. The number of hydrogen-bond acceptors (Lipinski definition) is 6. The number of aliphatic hydroxyl groups is 1. The van der Waals surface area contributed by atoms with E-state index in [0.29, 0.717) is 23.5 Å². The molecular formula is C25H39N3O6S. The first-order valence-electron chi connectivity index (χ1n) is 12.4. The smallest absolute Gasteiger partial charge is 0.227 e. The van der Waals surface area contributed by atoms with Gasteiger partial charge in [-0.15, -0.1) is 0 Å². The zero-order valence-corrected chi connectivity index (χ0v) is 22.0. The number of amides is 2. The summed E-state index contributed by atoms with van der Waals surface area (Å²) >= 11 is 0. The number of aliphatic hydroxyl groups excluding tert-OH is 1. The maximum Gasteiger partial charge on any atom is 0.227 e. The highest BCUT2D eigenvalue weighted by molar-refractivity contribution is 7.88. The molecule has 1 aliphatic carbocycles. The van der Waals surface area contributed by atoms with E-state index in [9.17, 15) is 23.1 Å². The van der Waals surface area contributed by atoms with Gasteiger partial charge in [-0.05, 0) is 38.0 Å². The Morgan fingerprint density at radius 3 is 2.60 bits per heavy atom. The number of hydrogen-bond donors (Lipinski definition) is 2. The van der Waals surface area contributed by atoms with E-state index in [1.165, 1.54) is 17.8 Å². The summed E-state index contributed by atoms with van der Waals surface area (Å²) in [5, 5.41) is 12.7. The van der Waals surface area contributed by atoms with Gasteiger partial charge in [-0.1, -0.05) is 26.2 Å². The molecule has 0 unspecified atom stereocenters. The summed E-state index contributed by atoms with van der Waals surface area (Å²) < 4.78 is 31.7. The highest BCUT2D eigenvalue weighted by Gasteiger charge is 2.32. The molecule has 35 heavy (non-hydrogen) atoms. The molecule has 2 amide bonds. The summed E-state index contributed by atoms with van der Waals surface area (Å²) in [4.78, 5) is 27.7. The highest BCUT2D eigenvalue weighted by atomic mass is 32.2. The molecule has 9 nitrogen and oxygen atoms in total. The molecule has 1 aliphatic heterocycles. The fraction of sp³-hybridized carbons (Fsp3) is 0.680. The van der Waals surface area contributed by atoms with E-state index in [-0.39, 0.29) is 43.2 Å². The van der Waals surface area contributed by atoms with Crippen molar-refractivity contribution in [2.24, 2.45) is 11.8 Å². The van der Waals surface area contributed by atoms with Crippen LogP contribution in [0, 0.1) is 11.8 Å². The molecule has 0 aromatic heterocycles. The van der Waals surface area contributed by atoms with Gasteiger partial charge in [0.15, 0.2) is 0 Å². The molecule has 196 valence electrons. The Morgan fingerprint density at radius 1 is 1.29 bits per heavy atom. The zero-order valence-electron chi connectivity index (χ0n) is 21.2.